The Morgan fingerprint density at radius 3 is 2.44 bits per heavy atom. The van der Waals surface area contributed by atoms with Crippen LogP contribution in [0.3, 0.4) is 0 Å². The third kappa shape index (κ3) is 5.97. The molecule has 3 rings (SSSR count). The molecule has 3 saturated heterocycles. The first kappa shape index (κ1) is 31.7. The van der Waals surface area contributed by atoms with Crippen molar-refractivity contribution in [2.75, 3.05) is 32.8 Å². The van der Waals surface area contributed by atoms with E-state index >= 15 is 0 Å². The van der Waals surface area contributed by atoms with Gasteiger partial charge in [-0.05, 0) is 44.9 Å². The normalized spacial score (nSPS) is 29.8. The zero-order valence-electron chi connectivity index (χ0n) is 24.6. The molecule has 3 aliphatic rings. The van der Waals surface area contributed by atoms with Crippen molar-refractivity contribution < 1.29 is 19.5 Å². The van der Waals surface area contributed by atoms with Gasteiger partial charge in [0.05, 0.1) is 16.6 Å². The first-order valence-corrected chi connectivity index (χ1v) is 16.0. The van der Waals surface area contributed by atoms with Crippen molar-refractivity contribution in [1.29, 1.82) is 0 Å². The number of nitrogens with zero attached hydrogens (tertiary/aromatic N) is 3. The van der Waals surface area contributed by atoms with E-state index in [9.17, 15) is 19.5 Å². The van der Waals surface area contributed by atoms with Gasteiger partial charge in [0.1, 0.15) is 6.04 Å². The molecular weight excluding hydrogens is 510 g/mol. The SMILES string of the molecule is C=CCN(CCC)C(=O)[C@@H]1[C@H]2C(=O)N(CCCCCCO)C(C(=O)N(CC=C)C(C)CCC)C23S[C@@H]1CC3C. The summed E-state index contributed by atoms with van der Waals surface area (Å²) >= 11 is 1.76. The molecule has 7 nitrogen and oxygen atoms in total. The second-order valence-corrected chi connectivity index (χ2v) is 13.3. The van der Waals surface area contributed by atoms with Crippen molar-refractivity contribution >= 4 is 29.5 Å². The molecule has 39 heavy (non-hydrogen) atoms. The van der Waals surface area contributed by atoms with Gasteiger partial charge in [0.2, 0.25) is 17.7 Å². The maximum absolute atomic E-state index is 14.6. The Bertz CT molecular complexity index is 897. The fourth-order valence-corrected chi connectivity index (χ4v) is 9.76. The smallest absolute Gasteiger partial charge is 0.247 e. The van der Waals surface area contributed by atoms with E-state index in [4.69, 9.17) is 0 Å². The minimum absolute atomic E-state index is 0.00617. The van der Waals surface area contributed by atoms with Crippen molar-refractivity contribution in [2.24, 2.45) is 17.8 Å². The van der Waals surface area contributed by atoms with Gasteiger partial charge in [0, 0.05) is 44.1 Å². The summed E-state index contributed by atoms with van der Waals surface area (Å²) in [5.74, 6) is -0.699. The molecule has 3 aliphatic heterocycles. The van der Waals surface area contributed by atoms with E-state index in [0.717, 1.165) is 51.4 Å². The van der Waals surface area contributed by atoms with Crippen molar-refractivity contribution in [1.82, 2.24) is 14.7 Å². The summed E-state index contributed by atoms with van der Waals surface area (Å²) in [6.07, 6.45) is 10.4. The molecule has 8 heteroatoms. The number of amides is 3. The lowest BCUT2D eigenvalue weighted by molar-refractivity contribution is -0.145. The lowest BCUT2D eigenvalue weighted by Gasteiger charge is -2.42. The molecule has 0 radical (unpaired) electrons. The van der Waals surface area contributed by atoms with Crippen LogP contribution >= 0.6 is 11.8 Å². The fraction of sp³-hybridized carbons (Fsp3) is 0.774. The van der Waals surface area contributed by atoms with E-state index < -0.39 is 22.6 Å². The standard InChI is InChI=1S/C31H51N3O4S/c1-7-15-23(6)33(18-10-4)30(38)27-31-22(5)21-24(39-31)25(28(36)32(16-8-2)17-9-3)26(31)29(37)34(27)19-13-11-12-14-20-35/h8,10,22-27,35H,2,4,7,9,11-21H2,1,3,5-6H3/t22?,23?,24-,25+,26+,27?,31?/m1/s1. The first-order valence-electron chi connectivity index (χ1n) is 15.1. The summed E-state index contributed by atoms with van der Waals surface area (Å²) in [5.41, 5.74) is 0. The van der Waals surface area contributed by atoms with Crippen LogP contribution in [0.25, 0.3) is 0 Å². The van der Waals surface area contributed by atoms with Crippen LogP contribution in [0.15, 0.2) is 25.3 Å². The van der Waals surface area contributed by atoms with Crippen molar-refractivity contribution in [3.8, 4) is 0 Å². The number of likely N-dealkylation sites (tertiary alicyclic amines) is 1. The van der Waals surface area contributed by atoms with E-state index in [-0.39, 0.29) is 41.5 Å². The minimum Gasteiger partial charge on any atom is -0.396 e. The summed E-state index contributed by atoms with van der Waals surface area (Å²) in [6, 6.07) is -0.532. The molecule has 4 unspecified atom stereocenters. The molecule has 0 saturated carbocycles. The Hall–Kier alpha value is -1.80. The number of aliphatic hydroxyl groups is 1. The molecule has 3 amide bonds. The van der Waals surface area contributed by atoms with Crippen molar-refractivity contribution in [2.45, 2.75) is 101 Å². The predicted molar refractivity (Wildman–Crippen MR) is 159 cm³/mol. The van der Waals surface area contributed by atoms with Crippen LogP contribution in [-0.2, 0) is 14.4 Å². The lowest BCUT2D eigenvalue weighted by Crippen LogP contribution is -2.58. The number of thioether (sulfide) groups is 1. The van der Waals surface area contributed by atoms with Crippen LogP contribution < -0.4 is 0 Å². The molecule has 1 spiro atoms. The molecule has 0 aromatic heterocycles. The second-order valence-electron chi connectivity index (χ2n) is 11.7. The number of carbonyl (C=O) groups is 3. The predicted octanol–water partition coefficient (Wildman–Crippen LogP) is 4.50. The van der Waals surface area contributed by atoms with E-state index in [0.29, 0.717) is 26.2 Å². The highest BCUT2D eigenvalue weighted by Gasteiger charge is 2.76. The van der Waals surface area contributed by atoms with Crippen LogP contribution in [0.1, 0.15) is 79.1 Å². The molecule has 0 aromatic carbocycles. The van der Waals surface area contributed by atoms with Gasteiger partial charge >= 0.3 is 0 Å². The number of rotatable bonds is 17. The molecule has 220 valence electrons. The quantitative estimate of drug-likeness (QED) is 0.209. The van der Waals surface area contributed by atoms with Crippen LogP contribution in [0.5, 0.6) is 0 Å². The van der Waals surface area contributed by atoms with E-state index in [2.05, 4.69) is 40.9 Å². The molecular formula is C31H51N3O4S. The van der Waals surface area contributed by atoms with Gasteiger partial charge in [-0.2, -0.15) is 0 Å². The van der Waals surface area contributed by atoms with Gasteiger partial charge in [0.15, 0.2) is 0 Å². The Morgan fingerprint density at radius 2 is 1.82 bits per heavy atom. The van der Waals surface area contributed by atoms with Crippen LogP contribution in [-0.4, -0.2) is 92.4 Å². The average Bonchev–Trinajstić information content (AvgIpc) is 3.50. The minimum atomic E-state index is -0.596. The fourth-order valence-electron chi connectivity index (χ4n) is 7.35. The Balaban J connectivity index is 2.03. The topological polar surface area (TPSA) is 81.2 Å². The second kappa shape index (κ2) is 14.2. The summed E-state index contributed by atoms with van der Waals surface area (Å²) in [6.45, 7) is 18.5. The number of aliphatic hydroxyl groups excluding tert-OH is 1. The number of unbranched alkanes of at least 4 members (excludes halogenated alkanes) is 3. The van der Waals surface area contributed by atoms with E-state index in [1.54, 1.807) is 23.9 Å². The largest absolute Gasteiger partial charge is 0.396 e. The lowest BCUT2D eigenvalue weighted by atomic mass is 9.65. The number of hydrogen-bond acceptors (Lipinski definition) is 5. The average molecular weight is 562 g/mol. The Morgan fingerprint density at radius 1 is 1.13 bits per heavy atom. The third-order valence-electron chi connectivity index (χ3n) is 9.07. The van der Waals surface area contributed by atoms with Gasteiger partial charge in [-0.1, -0.05) is 52.2 Å². The van der Waals surface area contributed by atoms with Crippen LogP contribution in [0.4, 0.5) is 0 Å². The molecule has 3 heterocycles. The van der Waals surface area contributed by atoms with Gasteiger partial charge in [-0.15, -0.1) is 24.9 Å². The number of hydrogen-bond donors (Lipinski definition) is 1. The molecule has 0 aliphatic carbocycles. The van der Waals surface area contributed by atoms with Gasteiger partial charge < -0.3 is 19.8 Å². The number of fused-ring (bicyclic) bond motifs is 1. The molecule has 7 atom stereocenters. The number of carbonyl (C=O) groups excluding carboxylic acids is 3. The van der Waals surface area contributed by atoms with E-state index in [1.165, 1.54) is 0 Å². The van der Waals surface area contributed by atoms with Gasteiger partial charge in [0.25, 0.3) is 0 Å². The summed E-state index contributed by atoms with van der Waals surface area (Å²) < 4.78 is -0.596. The molecule has 0 aromatic rings. The zero-order valence-corrected chi connectivity index (χ0v) is 25.5. The summed E-state index contributed by atoms with van der Waals surface area (Å²) in [5, 5.41) is 9.23. The summed E-state index contributed by atoms with van der Waals surface area (Å²) in [7, 11) is 0. The zero-order chi connectivity index (χ0) is 28.7. The molecule has 3 fully saturated rings. The highest BCUT2D eigenvalue weighted by Crippen LogP contribution is 2.69. The van der Waals surface area contributed by atoms with Gasteiger partial charge in [-0.25, -0.2) is 0 Å². The Kier molecular flexibility index (Phi) is 11.6. The van der Waals surface area contributed by atoms with E-state index in [1.807, 2.05) is 14.7 Å². The van der Waals surface area contributed by atoms with Crippen molar-refractivity contribution in [3.05, 3.63) is 25.3 Å². The monoisotopic (exact) mass is 561 g/mol. The third-order valence-corrected chi connectivity index (χ3v) is 11.1. The molecule has 1 N–H and O–H groups in total. The van der Waals surface area contributed by atoms with Crippen LogP contribution in [0.2, 0.25) is 0 Å². The van der Waals surface area contributed by atoms with Crippen LogP contribution in [0, 0.1) is 17.8 Å². The maximum atomic E-state index is 14.6. The first-order chi connectivity index (χ1) is 18.7. The van der Waals surface area contributed by atoms with Gasteiger partial charge in [-0.3, -0.25) is 14.4 Å². The maximum Gasteiger partial charge on any atom is 0.247 e. The highest BCUT2D eigenvalue weighted by atomic mass is 32.2. The Labute approximate surface area is 240 Å². The molecule has 2 bridgehead atoms. The van der Waals surface area contributed by atoms with Crippen molar-refractivity contribution in [3.63, 3.8) is 0 Å². The summed E-state index contributed by atoms with van der Waals surface area (Å²) in [4.78, 5) is 48.6. The highest BCUT2D eigenvalue weighted by molar-refractivity contribution is 8.02.